The summed E-state index contributed by atoms with van der Waals surface area (Å²) in [4.78, 5) is 28.3. The van der Waals surface area contributed by atoms with Crippen LogP contribution in [-0.2, 0) is 11.2 Å². The number of halogens is 1. The van der Waals surface area contributed by atoms with E-state index in [-0.39, 0.29) is 29.7 Å². The van der Waals surface area contributed by atoms with Crippen molar-refractivity contribution in [2.24, 2.45) is 5.92 Å². The average molecular weight is 484 g/mol. The number of hydrogen-bond acceptors (Lipinski definition) is 4. The molecule has 35 heavy (non-hydrogen) atoms. The van der Waals surface area contributed by atoms with E-state index >= 15 is 0 Å². The van der Waals surface area contributed by atoms with E-state index in [0.29, 0.717) is 24.5 Å². The zero-order valence-corrected chi connectivity index (χ0v) is 20.8. The zero-order valence-electron chi connectivity index (χ0n) is 20.8. The smallest absolute Gasteiger partial charge is 0.318 e. The van der Waals surface area contributed by atoms with Gasteiger partial charge in [0.15, 0.2) is 11.5 Å². The lowest BCUT2D eigenvalue weighted by Crippen LogP contribution is -2.55. The van der Waals surface area contributed by atoms with Crippen LogP contribution in [0.5, 0.6) is 11.5 Å². The normalized spacial score (nSPS) is 18.8. The SMILES string of the molecule is CCC(C)[C@H](NC(=O)N1CCc2cc(OC)c(OC)cc2C1c1ccc(F)cc1)C(=O)NC1CC1. The Morgan fingerprint density at radius 2 is 1.77 bits per heavy atom. The molecule has 2 aromatic rings. The molecule has 4 rings (SSSR count). The molecule has 0 aromatic heterocycles. The van der Waals surface area contributed by atoms with Gasteiger partial charge in [-0.1, -0.05) is 32.4 Å². The third kappa shape index (κ3) is 5.36. The van der Waals surface area contributed by atoms with Crippen molar-refractivity contribution in [2.75, 3.05) is 20.8 Å². The van der Waals surface area contributed by atoms with Crippen LogP contribution in [0.2, 0.25) is 0 Å². The minimum absolute atomic E-state index is 0.0246. The molecule has 188 valence electrons. The summed E-state index contributed by atoms with van der Waals surface area (Å²) in [6.45, 7) is 4.41. The first-order chi connectivity index (χ1) is 16.9. The molecule has 0 bridgehead atoms. The van der Waals surface area contributed by atoms with Gasteiger partial charge in [0.25, 0.3) is 0 Å². The highest BCUT2D eigenvalue weighted by atomic mass is 19.1. The number of nitrogens with zero attached hydrogens (tertiary/aromatic N) is 1. The predicted molar refractivity (Wildman–Crippen MR) is 131 cm³/mol. The molecular formula is C27H34FN3O4. The molecule has 1 aliphatic heterocycles. The molecule has 2 aromatic carbocycles. The monoisotopic (exact) mass is 483 g/mol. The maximum absolute atomic E-state index is 13.7. The van der Waals surface area contributed by atoms with Crippen LogP contribution in [0, 0.1) is 11.7 Å². The van der Waals surface area contributed by atoms with Crippen LogP contribution in [0.3, 0.4) is 0 Å². The molecule has 1 saturated carbocycles. The van der Waals surface area contributed by atoms with E-state index in [0.717, 1.165) is 36.0 Å². The van der Waals surface area contributed by atoms with E-state index < -0.39 is 12.1 Å². The molecule has 0 saturated heterocycles. The number of ether oxygens (including phenoxy) is 2. The van der Waals surface area contributed by atoms with Crippen LogP contribution < -0.4 is 20.1 Å². The molecule has 8 heteroatoms. The Morgan fingerprint density at radius 3 is 2.37 bits per heavy atom. The lowest BCUT2D eigenvalue weighted by Gasteiger charge is -2.39. The Kier molecular flexibility index (Phi) is 7.48. The number of hydrogen-bond donors (Lipinski definition) is 2. The van der Waals surface area contributed by atoms with Crippen molar-refractivity contribution in [3.05, 3.63) is 58.9 Å². The van der Waals surface area contributed by atoms with Gasteiger partial charge in [-0.3, -0.25) is 4.79 Å². The molecule has 7 nitrogen and oxygen atoms in total. The number of benzene rings is 2. The highest BCUT2D eigenvalue weighted by molar-refractivity contribution is 5.88. The fourth-order valence-electron chi connectivity index (χ4n) is 4.61. The third-order valence-corrected chi connectivity index (χ3v) is 7.02. The third-order valence-electron chi connectivity index (χ3n) is 7.02. The topological polar surface area (TPSA) is 79.9 Å². The Morgan fingerprint density at radius 1 is 1.11 bits per heavy atom. The number of carbonyl (C=O) groups excluding carboxylic acids is 2. The summed E-state index contributed by atoms with van der Waals surface area (Å²) >= 11 is 0. The van der Waals surface area contributed by atoms with Gasteiger partial charge in [0.1, 0.15) is 11.9 Å². The van der Waals surface area contributed by atoms with Gasteiger partial charge < -0.3 is 25.0 Å². The van der Waals surface area contributed by atoms with Gasteiger partial charge in [-0.05, 0) is 66.1 Å². The standard InChI is InChI=1S/C27H34FN3O4/c1-5-16(2)24(26(32)29-20-10-11-20)30-27(33)31-13-12-18-14-22(34-3)23(35-4)15-21(18)25(31)17-6-8-19(28)9-7-17/h6-9,14-16,20,24-25H,5,10-13H2,1-4H3,(H,29,32)(H,30,33)/t16?,24-,25?/m0/s1. The van der Waals surface area contributed by atoms with Crippen molar-refractivity contribution in [3.63, 3.8) is 0 Å². The van der Waals surface area contributed by atoms with Crippen molar-refractivity contribution in [1.29, 1.82) is 0 Å². The summed E-state index contributed by atoms with van der Waals surface area (Å²) in [7, 11) is 3.16. The van der Waals surface area contributed by atoms with E-state index in [9.17, 15) is 14.0 Å². The van der Waals surface area contributed by atoms with Crippen molar-refractivity contribution in [1.82, 2.24) is 15.5 Å². The summed E-state index contributed by atoms with van der Waals surface area (Å²) in [6, 6.07) is 8.78. The molecule has 2 unspecified atom stereocenters. The Labute approximate surface area is 206 Å². The van der Waals surface area contributed by atoms with Gasteiger partial charge in [-0.15, -0.1) is 0 Å². The maximum Gasteiger partial charge on any atom is 0.318 e. The molecule has 3 amide bonds. The fraction of sp³-hybridized carbons (Fsp3) is 0.481. The van der Waals surface area contributed by atoms with Crippen molar-refractivity contribution < 1.29 is 23.5 Å². The van der Waals surface area contributed by atoms with Gasteiger partial charge in [0, 0.05) is 12.6 Å². The summed E-state index contributed by atoms with van der Waals surface area (Å²) in [5, 5.41) is 6.03. The first-order valence-electron chi connectivity index (χ1n) is 12.2. The summed E-state index contributed by atoms with van der Waals surface area (Å²) < 4.78 is 24.8. The molecular weight excluding hydrogens is 449 g/mol. The Hall–Kier alpha value is -3.29. The van der Waals surface area contributed by atoms with Crippen LogP contribution in [0.25, 0.3) is 0 Å². The van der Waals surface area contributed by atoms with Crippen LogP contribution >= 0.6 is 0 Å². The fourth-order valence-corrected chi connectivity index (χ4v) is 4.61. The zero-order chi connectivity index (χ0) is 25.1. The molecule has 2 N–H and O–H groups in total. The number of carbonyl (C=O) groups is 2. The molecule has 0 spiro atoms. The highest BCUT2D eigenvalue weighted by Crippen LogP contribution is 2.41. The van der Waals surface area contributed by atoms with Crippen LogP contribution in [0.4, 0.5) is 9.18 Å². The average Bonchev–Trinajstić information content (AvgIpc) is 3.69. The van der Waals surface area contributed by atoms with Crippen LogP contribution in [0.1, 0.15) is 55.8 Å². The molecule has 1 heterocycles. The quantitative estimate of drug-likeness (QED) is 0.590. The predicted octanol–water partition coefficient (Wildman–Crippen LogP) is 4.19. The first-order valence-corrected chi connectivity index (χ1v) is 12.2. The second-order valence-corrected chi connectivity index (χ2v) is 9.40. The number of nitrogens with one attached hydrogen (secondary N) is 2. The lowest BCUT2D eigenvalue weighted by molar-refractivity contribution is -0.124. The van der Waals surface area contributed by atoms with Crippen LogP contribution in [-0.4, -0.2) is 49.7 Å². The Balaban J connectivity index is 1.69. The Bertz CT molecular complexity index is 1070. The van der Waals surface area contributed by atoms with Crippen molar-refractivity contribution in [3.8, 4) is 11.5 Å². The molecule has 2 aliphatic rings. The molecule has 3 atom stereocenters. The number of amides is 3. The van der Waals surface area contributed by atoms with Gasteiger partial charge in [-0.2, -0.15) is 0 Å². The summed E-state index contributed by atoms with van der Waals surface area (Å²) in [6.07, 6.45) is 3.33. The number of urea groups is 1. The molecule has 1 aliphatic carbocycles. The lowest BCUT2D eigenvalue weighted by atomic mass is 9.87. The molecule has 1 fully saturated rings. The number of fused-ring (bicyclic) bond motifs is 1. The second-order valence-electron chi connectivity index (χ2n) is 9.40. The van der Waals surface area contributed by atoms with Gasteiger partial charge in [0.05, 0.1) is 20.3 Å². The second kappa shape index (κ2) is 10.5. The summed E-state index contributed by atoms with van der Waals surface area (Å²) in [5.74, 6) is 0.667. The largest absolute Gasteiger partial charge is 0.493 e. The first kappa shape index (κ1) is 24.8. The van der Waals surface area contributed by atoms with Gasteiger partial charge in [0.2, 0.25) is 5.91 Å². The van der Waals surface area contributed by atoms with Crippen LogP contribution in [0.15, 0.2) is 36.4 Å². The minimum Gasteiger partial charge on any atom is -0.493 e. The van der Waals surface area contributed by atoms with E-state index in [2.05, 4.69) is 10.6 Å². The molecule has 0 radical (unpaired) electrons. The van der Waals surface area contributed by atoms with Crippen molar-refractivity contribution in [2.45, 2.75) is 57.7 Å². The van der Waals surface area contributed by atoms with E-state index in [1.165, 1.54) is 12.1 Å². The van der Waals surface area contributed by atoms with Gasteiger partial charge in [-0.25, -0.2) is 9.18 Å². The summed E-state index contributed by atoms with van der Waals surface area (Å²) in [5.41, 5.74) is 2.70. The maximum atomic E-state index is 13.7. The van der Waals surface area contributed by atoms with Gasteiger partial charge >= 0.3 is 6.03 Å². The van der Waals surface area contributed by atoms with E-state index in [1.807, 2.05) is 26.0 Å². The van der Waals surface area contributed by atoms with E-state index in [1.54, 1.807) is 31.3 Å². The highest BCUT2D eigenvalue weighted by Gasteiger charge is 2.37. The minimum atomic E-state index is -0.631. The van der Waals surface area contributed by atoms with E-state index in [4.69, 9.17) is 9.47 Å². The van der Waals surface area contributed by atoms with Crippen molar-refractivity contribution >= 4 is 11.9 Å². The number of methoxy groups -OCH3 is 2. The number of rotatable bonds is 8.